The Hall–Kier alpha value is -1.63. The van der Waals surface area contributed by atoms with Crippen molar-refractivity contribution in [1.82, 2.24) is 4.98 Å². The third-order valence-electron chi connectivity index (χ3n) is 6.07. The van der Waals surface area contributed by atoms with E-state index in [1.54, 1.807) is 11.1 Å². The molecule has 0 bridgehead atoms. The molecular formula is C21H25N. The molecule has 0 radical (unpaired) electrons. The van der Waals surface area contributed by atoms with Crippen molar-refractivity contribution in [2.75, 3.05) is 0 Å². The van der Waals surface area contributed by atoms with Gasteiger partial charge < -0.3 is 0 Å². The summed E-state index contributed by atoms with van der Waals surface area (Å²) in [5, 5.41) is 0. The zero-order chi connectivity index (χ0) is 15.2. The molecule has 1 heteroatoms. The van der Waals surface area contributed by atoms with Crippen LogP contribution in [0.15, 0.2) is 42.6 Å². The van der Waals surface area contributed by atoms with Crippen LogP contribution < -0.4 is 0 Å². The summed E-state index contributed by atoms with van der Waals surface area (Å²) in [7, 11) is 0. The Morgan fingerprint density at radius 3 is 2.41 bits per heavy atom. The lowest BCUT2D eigenvalue weighted by atomic mass is 9.60. The van der Waals surface area contributed by atoms with Gasteiger partial charge in [0.1, 0.15) is 0 Å². The molecule has 22 heavy (non-hydrogen) atoms. The van der Waals surface area contributed by atoms with Crippen LogP contribution in [0.4, 0.5) is 0 Å². The van der Waals surface area contributed by atoms with Gasteiger partial charge in [-0.25, -0.2) is 0 Å². The molecule has 1 aromatic heterocycles. The van der Waals surface area contributed by atoms with Crippen molar-refractivity contribution in [3.05, 3.63) is 53.7 Å². The Bertz CT molecular complexity index is 678. The number of benzene rings is 1. The molecule has 114 valence electrons. The van der Waals surface area contributed by atoms with E-state index in [4.69, 9.17) is 0 Å². The molecule has 1 saturated carbocycles. The van der Waals surface area contributed by atoms with Gasteiger partial charge >= 0.3 is 0 Å². The molecule has 1 aromatic carbocycles. The van der Waals surface area contributed by atoms with Gasteiger partial charge in [0.05, 0.1) is 5.69 Å². The lowest BCUT2D eigenvalue weighted by Crippen LogP contribution is -2.36. The minimum absolute atomic E-state index is 0.311. The zero-order valence-electron chi connectivity index (χ0n) is 13.7. The van der Waals surface area contributed by atoms with Crippen LogP contribution >= 0.6 is 0 Å². The Morgan fingerprint density at radius 1 is 0.864 bits per heavy atom. The van der Waals surface area contributed by atoms with Crippen molar-refractivity contribution in [3.63, 3.8) is 0 Å². The van der Waals surface area contributed by atoms with Gasteiger partial charge in [-0.3, -0.25) is 4.98 Å². The summed E-state index contributed by atoms with van der Waals surface area (Å²) in [5.74, 6) is 0. The summed E-state index contributed by atoms with van der Waals surface area (Å²) in [5.41, 5.74) is 6.36. The maximum Gasteiger partial charge on any atom is 0.0702 e. The van der Waals surface area contributed by atoms with E-state index in [9.17, 15) is 0 Å². The van der Waals surface area contributed by atoms with Crippen LogP contribution in [0.1, 0.15) is 63.5 Å². The average molecular weight is 291 g/mol. The molecule has 0 amide bonds. The van der Waals surface area contributed by atoms with Gasteiger partial charge in [-0.1, -0.05) is 44.9 Å². The summed E-state index contributed by atoms with van der Waals surface area (Å²) in [6, 6.07) is 13.3. The largest absolute Gasteiger partial charge is 0.256 e. The summed E-state index contributed by atoms with van der Waals surface area (Å²) >= 11 is 0. The second-order valence-electron chi connectivity index (χ2n) is 7.85. The number of fused-ring (bicyclic) bond motifs is 2. The molecule has 2 aromatic rings. The molecule has 0 aliphatic heterocycles. The zero-order valence-corrected chi connectivity index (χ0v) is 13.7. The highest BCUT2D eigenvalue weighted by Gasteiger charge is 2.44. The van der Waals surface area contributed by atoms with E-state index < -0.39 is 0 Å². The van der Waals surface area contributed by atoms with Crippen molar-refractivity contribution in [2.24, 2.45) is 0 Å². The molecule has 0 N–H and O–H groups in total. The summed E-state index contributed by atoms with van der Waals surface area (Å²) < 4.78 is 0. The quantitative estimate of drug-likeness (QED) is 0.663. The molecule has 0 unspecified atom stereocenters. The predicted octanol–water partition coefficient (Wildman–Crippen LogP) is 5.63. The Kier molecular flexibility index (Phi) is 3.14. The minimum atomic E-state index is 0.311. The van der Waals surface area contributed by atoms with Crippen LogP contribution in [0.2, 0.25) is 0 Å². The SMILES string of the molecule is CC1(C)CCC2(CCCC2)c2cc(-c3ccccn3)ccc21. The van der Waals surface area contributed by atoms with Crippen LogP contribution in [0.25, 0.3) is 11.3 Å². The van der Waals surface area contributed by atoms with E-state index in [1.165, 1.54) is 44.1 Å². The maximum absolute atomic E-state index is 4.55. The molecule has 0 atom stereocenters. The van der Waals surface area contributed by atoms with Crippen LogP contribution in [-0.4, -0.2) is 4.98 Å². The number of rotatable bonds is 1. The fraction of sp³-hybridized carbons (Fsp3) is 0.476. The van der Waals surface area contributed by atoms with Crippen molar-refractivity contribution < 1.29 is 0 Å². The number of nitrogens with zero attached hydrogens (tertiary/aromatic N) is 1. The molecule has 1 nitrogen and oxygen atoms in total. The van der Waals surface area contributed by atoms with Gasteiger partial charge in [-0.15, -0.1) is 0 Å². The second kappa shape index (κ2) is 4.94. The van der Waals surface area contributed by atoms with E-state index in [2.05, 4.69) is 49.2 Å². The highest BCUT2D eigenvalue weighted by molar-refractivity contribution is 5.63. The summed E-state index contributed by atoms with van der Waals surface area (Å²) in [6.07, 6.45) is 10.1. The van der Waals surface area contributed by atoms with Crippen LogP contribution in [0.5, 0.6) is 0 Å². The van der Waals surface area contributed by atoms with Crippen LogP contribution in [-0.2, 0) is 10.8 Å². The number of hydrogen-bond donors (Lipinski definition) is 0. The minimum Gasteiger partial charge on any atom is -0.256 e. The van der Waals surface area contributed by atoms with Crippen LogP contribution in [0.3, 0.4) is 0 Å². The Balaban J connectivity index is 1.88. The first-order valence-electron chi connectivity index (χ1n) is 8.67. The highest BCUT2D eigenvalue weighted by atomic mass is 14.7. The molecule has 4 rings (SSSR count). The van der Waals surface area contributed by atoms with Gasteiger partial charge in [0.2, 0.25) is 0 Å². The second-order valence-corrected chi connectivity index (χ2v) is 7.85. The maximum atomic E-state index is 4.55. The molecule has 1 heterocycles. The van der Waals surface area contributed by atoms with Crippen molar-refractivity contribution >= 4 is 0 Å². The monoisotopic (exact) mass is 291 g/mol. The van der Waals surface area contributed by atoms with Gasteiger partial charge in [0.15, 0.2) is 0 Å². The van der Waals surface area contributed by atoms with Crippen LogP contribution in [0, 0.1) is 0 Å². The lowest BCUT2D eigenvalue weighted by Gasteiger charge is -2.44. The van der Waals surface area contributed by atoms with E-state index in [0.29, 0.717) is 10.8 Å². The number of pyridine rings is 1. The molecule has 0 saturated heterocycles. The Labute approximate surface area is 133 Å². The third-order valence-corrected chi connectivity index (χ3v) is 6.07. The predicted molar refractivity (Wildman–Crippen MR) is 92.1 cm³/mol. The first-order chi connectivity index (χ1) is 10.6. The van der Waals surface area contributed by atoms with E-state index >= 15 is 0 Å². The molecule has 2 aliphatic rings. The van der Waals surface area contributed by atoms with Gasteiger partial charge in [-0.2, -0.15) is 0 Å². The van der Waals surface area contributed by atoms with Gasteiger partial charge in [0, 0.05) is 11.8 Å². The topological polar surface area (TPSA) is 12.9 Å². The fourth-order valence-electron chi connectivity index (χ4n) is 4.66. The normalized spacial score (nSPS) is 21.7. The molecule has 2 aliphatic carbocycles. The molecule has 1 spiro atoms. The van der Waals surface area contributed by atoms with E-state index in [-0.39, 0.29) is 0 Å². The average Bonchev–Trinajstić information content (AvgIpc) is 3.02. The van der Waals surface area contributed by atoms with Gasteiger partial charge in [-0.05, 0) is 65.8 Å². The number of aromatic nitrogens is 1. The number of hydrogen-bond acceptors (Lipinski definition) is 1. The van der Waals surface area contributed by atoms with Crippen molar-refractivity contribution in [3.8, 4) is 11.3 Å². The standard InChI is InChI=1S/C21H25N/c1-20(2)12-13-21(10-4-5-11-21)18-15-16(8-9-17(18)20)19-7-3-6-14-22-19/h3,6-9,14-15H,4-5,10-13H2,1-2H3. The third kappa shape index (κ3) is 2.10. The Morgan fingerprint density at radius 2 is 1.68 bits per heavy atom. The first-order valence-corrected chi connectivity index (χ1v) is 8.67. The summed E-state index contributed by atoms with van der Waals surface area (Å²) in [6.45, 7) is 4.82. The van der Waals surface area contributed by atoms with E-state index in [1.807, 2.05) is 12.3 Å². The smallest absolute Gasteiger partial charge is 0.0702 e. The fourth-order valence-corrected chi connectivity index (χ4v) is 4.66. The lowest BCUT2D eigenvalue weighted by molar-refractivity contribution is 0.297. The summed E-state index contributed by atoms with van der Waals surface area (Å²) in [4.78, 5) is 4.55. The highest BCUT2D eigenvalue weighted by Crippen LogP contribution is 2.54. The van der Waals surface area contributed by atoms with Crippen molar-refractivity contribution in [2.45, 2.75) is 63.2 Å². The molecular weight excluding hydrogens is 266 g/mol. The van der Waals surface area contributed by atoms with Gasteiger partial charge in [0.25, 0.3) is 0 Å². The van der Waals surface area contributed by atoms with Crippen molar-refractivity contribution in [1.29, 1.82) is 0 Å². The first kappa shape index (κ1) is 14.0. The molecule has 1 fully saturated rings. The van der Waals surface area contributed by atoms with E-state index in [0.717, 1.165) is 5.69 Å².